The Hall–Kier alpha value is -1.91. The minimum Gasteiger partial charge on any atom is -0.380 e. The SMILES string of the molecule is Cc1ncccc1-c1[nH]nc(N)c1F. The number of rotatable bonds is 1. The van der Waals surface area contributed by atoms with Crippen LogP contribution in [0.1, 0.15) is 5.69 Å². The summed E-state index contributed by atoms with van der Waals surface area (Å²) in [5.41, 5.74) is 6.98. The van der Waals surface area contributed by atoms with Gasteiger partial charge in [-0.25, -0.2) is 4.39 Å². The maximum absolute atomic E-state index is 13.4. The van der Waals surface area contributed by atoms with E-state index in [2.05, 4.69) is 15.2 Å². The zero-order valence-electron chi connectivity index (χ0n) is 7.58. The van der Waals surface area contributed by atoms with Crippen LogP contribution in [0, 0.1) is 12.7 Å². The van der Waals surface area contributed by atoms with Gasteiger partial charge in [-0.1, -0.05) is 0 Å². The van der Waals surface area contributed by atoms with Crippen LogP contribution in [0.25, 0.3) is 11.3 Å². The fourth-order valence-electron chi connectivity index (χ4n) is 1.27. The number of nitrogens with two attached hydrogens (primary N) is 1. The predicted octanol–water partition coefficient (Wildman–Crippen LogP) is 1.50. The molecule has 3 N–H and O–H groups in total. The molecule has 2 rings (SSSR count). The van der Waals surface area contributed by atoms with Gasteiger partial charge in [-0.05, 0) is 19.1 Å². The zero-order chi connectivity index (χ0) is 10.1. The van der Waals surface area contributed by atoms with Crippen LogP contribution in [-0.4, -0.2) is 15.2 Å². The van der Waals surface area contributed by atoms with Gasteiger partial charge in [-0.15, -0.1) is 0 Å². The van der Waals surface area contributed by atoms with Gasteiger partial charge in [0.2, 0.25) is 0 Å². The standard InChI is InChI=1S/C9H9FN4/c1-5-6(3-2-4-12-5)8-7(10)9(11)14-13-8/h2-4H,1H3,(H3,11,13,14). The van der Waals surface area contributed by atoms with Gasteiger partial charge in [0.25, 0.3) is 0 Å². The summed E-state index contributed by atoms with van der Waals surface area (Å²) < 4.78 is 13.4. The van der Waals surface area contributed by atoms with Crippen LogP contribution in [0.2, 0.25) is 0 Å². The number of halogens is 1. The van der Waals surface area contributed by atoms with Crippen molar-refractivity contribution < 1.29 is 4.39 Å². The first-order valence-electron chi connectivity index (χ1n) is 4.11. The Bertz CT molecular complexity index is 464. The second kappa shape index (κ2) is 3.10. The lowest BCUT2D eigenvalue weighted by atomic mass is 10.1. The normalized spacial score (nSPS) is 10.4. The monoisotopic (exact) mass is 192 g/mol. The number of H-pyrrole nitrogens is 1. The zero-order valence-corrected chi connectivity index (χ0v) is 7.58. The number of aromatic amines is 1. The van der Waals surface area contributed by atoms with Crippen molar-refractivity contribution >= 4 is 5.82 Å². The number of hydrogen-bond acceptors (Lipinski definition) is 3. The van der Waals surface area contributed by atoms with E-state index in [1.54, 1.807) is 25.3 Å². The topological polar surface area (TPSA) is 67.6 Å². The quantitative estimate of drug-likeness (QED) is 0.719. The van der Waals surface area contributed by atoms with Gasteiger partial charge in [0.1, 0.15) is 5.69 Å². The van der Waals surface area contributed by atoms with Gasteiger partial charge in [0.05, 0.1) is 0 Å². The summed E-state index contributed by atoms with van der Waals surface area (Å²) in [6, 6.07) is 3.50. The van der Waals surface area contributed by atoms with Crippen LogP contribution in [-0.2, 0) is 0 Å². The summed E-state index contributed by atoms with van der Waals surface area (Å²) in [4.78, 5) is 4.05. The molecule has 0 bridgehead atoms. The largest absolute Gasteiger partial charge is 0.380 e. The third kappa shape index (κ3) is 1.22. The van der Waals surface area contributed by atoms with Crippen LogP contribution in [0.5, 0.6) is 0 Å². The van der Waals surface area contributed by atoms with Crippen molar-refractivity contribution in [1.82, 2.24) is 15.2 Å². The number of nitrogen functional groups attached to an aromatic ring is 1. The molecule has 0 radical (unpaired) electrons. The van der Waals surface area contributed by atoms with Crippen LogP contribution < -0.4 is 5.73 Å². The number of nitrogens with zero attached hydrogens (tertiary/aromatic N) is 2. The number of aromatic nitrogens is 3. The Morgan fingerprint density at radius 3 is 2.86 bits per heavy atom. The number of anilines is 1. The molecule has 0 amide bonds. The van der Waals surface area contributed by atoms with Gasteiger partial charge in [-0.2, -0.15) is 5.10 Å². The van der Waals surface area contributed by atoms with Crippen molar-refractivity contribution in [2.75, 3.05) is 5.73 Å². The molecule has 14 heavy (non-hydrogen) atoms. The molecule has 2 aromatic rings. The fraction of sp³-hybridized carbons (Fsp3) is 0.111. The van der Waals surface area contributed by atoms with Gasteiger partial charge >= 0.3 is 0 Å². The smallest absolute Gasteiger partial charge is 0.192 e. The summed E-state index contributed by atoms with van der Waals surface area (Å²) in [6.07, 6.45) is 1.65. The number of hydrogen-bond donors (Lipinski definition) is 2. The molecule has 4 nitrogen and oxygen atoms in total. The van der Waals surface area contributed by atoms with Crippen LogP contribution in [0.15, 0.2) is 18.3 Å². The summed E-state index contributed by atoms with van der Waals surface area (Å²) in [5.74, 6) is -0.649. The molecule has 0 atom stereocenters. The van der Waals surface area contributed by atoms with E-state index in [0.717, 1.165) is 5.69 Å². The summed E-state index contributed by atoms with van der Waals surface area (Å²) in [6.45, 7) is 1.80. The Morgan fingerprint density at radius 1 is 1.50 bits per heavy atom. The first kappa shape index (κ1) is 8.68. The Kier molecular flexibility index (Phi) is 1.92. The minimum absolute atomic E-state index is 0.122. The molecule has 0 fully saturated rings. The lowest BCUT2D eigenvalue weighted by molar-refractivity contribution is 0.636. The molecule has 0 saturated carbocycles. The van der Waals surface area contributed by atoms with E-state index in [1.807, 2.05) is 0 Å². The van der Waals surface area contributed by atoms with Crippen molar-refractivity contribution in [3.8, 4) is 11.3 Å². The molecule has 0 aliphatic heterocycles. The highest BCUT2D eigenvalue weighted by molar-refractivity contribution is 5.64. The lowest BCUT2D eigenvalue weighted by Gasteiger charge is -2.00. The van der Waals surface area contributed by atoms with Gasteiger partial charge in [0.15, 0.2) is 11.6 Å². The predicted molar refractivity (Wildman–Crippen MR) is 50.9 cm³/mol. The van der Waals surface area contributed by atoms with E-state index < -0.39 is 5.82 Å². The molecule has 2 heterocycles. The van der Waals surface area contributed by atoms with Crippen LogP contribution in [0.4, 0.5) is 10.2 Å². The molecular weight excluding hydrogens is 183 g/mol. The molecule has 0 aliphatic rings. The van der Waals surface area contributed by atoms with Gasteiger partial charge in [0, 0.05) is 17.5 Å². The Labute approximate surface area is 80.0 Å². The van der Waals surface area contributed by atoms with E-state index in [-0.39, 0.29) is 11.5 Å². The van der Waals surface area contributed by atoms with Crippen LogP contribution in [0.3, 0.4) is 0 Å². The van der Waals surface area contributed by atoms with E-state index in [1.165, 1.54) is 0 Å². The maximum Gasteiger partial charge on any atom is 0.192 e. The van der Waals surface area contributed by atoms with Crippen molar-refractivity contribution in [3.05, 3.63) is 29.8 Å². The Balaban J connectivity index is 2.60. The first-order chi connectivity index (χ1) is 6.70. The highest BCUT2D eigenvalue weighted by Crippen LogP contribution is 2.24. The van der Waals surface area contributed by atoms with Crippen molar-refractivity contribution in [1.29, 1.82) is 0 Å². The van der Waals surface area contributed by atoms with Crippen LogP contribution >= 0.6 is 0 Å². The van der Waals surface area contributed by atoms with Crippen molar-refractivity contribution in [2.24, 2.45) is 0 Å². The minimum atomic E-state index is -0.527. The van der Waals surface area contributed by atoms with Crippen molar-refractivity contribution in [3.63, 3.8) is 0 Å². The summed E-state index contributed by atoms with van der Waals surface area (Å²) in [5, 5.41) is 6.12. The van der Waals surface area contributed by atoms with Crippen molar-refractivity contribution in [2.45, 2.75) is 6.92 Å². The molecule has 2 aromatic heterocycles. The lowest BCUT2D eigenvalue weighted by Crippen LogP contribution is -1.90. The van der Waals surface area contributed by atoms with E-state index >= 15 is 0 Å². The molecule has 5 heteroatoms. The third-order valence-electron chi connectivity index (χ3n) is 2.01. The average molecular weight is 192 g/mol. The molecule has 0 unspecified atom stereocenters. The second-order valence-electron chi connectivity index (χ2n) is 2.93. The van der Waals surface area contributed by atoms with E-state index in [4.69, 9.17) is 5.73 Å². The average Bonchev–Trinajstić information content (AvgIpc) is 2.49. The highest BCUT2D eigenvalue weighted by Gasteiger charge is 2.13. The van der Waals surface area contributed by atoms with E-state index in [0.29, 0.717) is 5.56 Å². The fourth-order valence-corrected chi connectivity index (χ4v) is 1.27. The second-order valence-corrected chi connectivity index (χ2v) is 2.93. The number of pyridine rings is 1. The molecular formula is C9H9FN4. The van der Waals surface area contributed by atoms with Gasteiger partial charge < -0.3 is 5.73 Å². The molecule has 0 aromatic carbocycles. The summed E-state index contributed by atoms with van der Waals surface area (Å²) >= 11 is 0. The summed E-state index contributed by atoms with van der Waals surface area (Å²) in [7, 11) is 0. The van der Waals surface area contributed by atoms with E-state index in [9.17, 15) is 4.39 Å². The Morgan fingerprint density at radius 2 is 2.29 bits per heavy atom. The number of nitrogens with one attached hydrogen (secondary N) is 1. The molecule has 72 valence electrons. The maximum atomic E-state index is 13.4. The third-order valence-corrected chi connectivity index (χ3v) is 2.01. The molecule has 0 aliphatic carbocycles. The molecule has 0 spiro atoms. The molecule has 0 saturated heterocycles. The van der Waals surface area contributed by atoms with Gasteiger partial charge in [-0.3, -0.25) is 10.1 Å². The highest BCUT2D eigenvalue weighted by atomic mass is 19.1. The first-order valence-corrected chi connectivity index (χ1v) is 4.11. The number of aryl methyl sites for hydroxylation is 1.